The van der Waals surface area contributed by atoms with Gasteiger partial charge >= 0.3 is 11.9 Å². The highest BCUT2D eigenvalue weighted by Crippen LogP contribution is 2.21. The van der Waals surface area contributed by atoms with E-state index < -0.39 is 17.4 Å². The van der Waals surface area contributed by atoms with E-state index in [4.69, 9.17) is 0 Å². The van der Waals surface area contributed by atoms with Crippen molar-refractivity contribution in [3.8, 4) is 0 Å². The summed E-state index contributed by atoms with van der Waals surface area (Å²) in [6, 6.07) is 0. The predicted molar refractivity (Wildman–Crippen MR) is 47.9 cm³/mol. The topological polar surface area (TPSA) is 43.4 Å². The third-order valence-corrected chi connectivity index (χ3v) is 1.86. The quantitative estimate of drug-likeness (QED) is 0.459. The van der Waals surface area contributed by atoms with Crippen LogP contribution >= 0.6 is 0 Å². The van der Waals surface area contributed by atoms with E-state index in [2.05, 4.69) is 4.74 Å². The predicted octanol–water partition coefficient (Wildman–Crippen LogP) is 1.82. The Bertz CT molecular complexity index is 268. The van der Waals surface area contributed by atoms with Crippen molar-refractivity contribution in [3.05, 3.63) is 11.6 Å². The summed E-state index contributed by atoms with van der Waals surface area (Å²) in [6.45, 7) is 5.16. The zero-order valence-corrected chi connectivity index (χ0v) is 8.22. The number of ether oxygens (including phenoxy) is 1. The second-order valence-electron chi connectivity index (χ2n) is 4.20. The van der Waals surface area contributed by atoms with Crippen molar-refractivity contribution in [3.63, 3.8) is 0 Å². The average Bonchev–Trinajstić information content (AvgIpc) is 1.79. The van der Waals surface area contributed by atoms with Crippen LogP contribution in [0.25, 0.3) is 0 Å². The lowest BCUT2D eigenvalue weighted by atomic mass is 9.96. The fourth-order valence-electron chi connectivity index (χ4n) is 0.777. The molecule has 0 aromatic carbocycles. The maximum atomic E-state index is 11.2. The molecule has 72 valence electrons. The van der Waals surface area contributed by atoms with Crippen molar-refractivity contribution in [2.75, 3.05) is 0 Å². The van der Waals surface area contributed by atoms with E-state index in [1.807, 2.05) is 0 Å². The Morgan fingerprint density at radius 2 is 1.92 bits per heavy atom. The van der Waals surface area contributed by atoms with E-state index >= 15 is 0 Å². The van der Waals surface area contributed by atoms with E-state index in [-0.39, 0.29) is 0 Å². The molecule has 0 unspecified atom stereocenters. The van der Waals surface area contributed by atoms with Gasteiger partial charge in [0.25, 0.3) is 0 Å². The smallest absolute Gasteiger partial charge is 0.341 e. The largest absolute Gasteiger partial charge is 0.389 e. The van der Waals surface area contributed by atoms with Crippen molar-refractivity contribution < 1.29 is 14.3 Å². The number of allylic oxidation sites excluding steroid dienone is 1. The summed E-state index contributed by atoms with van der Waals surface area (Å²) in [6.07, 6.45) is 3.43. The summed E-state index contributed by atoms with van der Waals surface area (Å²) in [7, 11) is 0. The molecule has 0 fully saturated rings. The Hall–Kier alpha value is -1.12. The third-order valence-electron chi connectivity index (χ3n) is 1.86. The number of rotatable bonds is 1. The fraction of sp³-hybridized carbons (Fsp3) is 0.600. The van der Waals surface area contributed by atoms with Crippen LogP contribution in [0.3, 0.4) is 0 Å². The number of hydrogen-bond donors (Lipinski definition) is 0. The molecule has 0 aromatic heterocycles. The molecule has 3 nitrogen and oxygen atoms in total. The van der Waals surface area contributed by atoms with Gasteiger partial charge in [-0.25, -0.2) is 4.79 Å². The molecule has 0 N–H and O–H groups in total. The van der Waals surface area contributed by atoms with Gasteiger partial charge in [-0.15, -0.1) is 0 Å². The molecule has 0 saturated carbocycles. The maximum Gasteiger partial charge on any atom is 0.341 e. The minimum Gasteiger partial charge on any atom is -0.389 e. The summed E-state index contributed by atoms with van der Waals surface area (Å²) >= 11 is 0. The SMILES string of the molecule is CC(C)(C)C(=O)OC(=O)C1=CCC1. The minimum atomic E-state index is -0.611. The second-order valence-corrected chi connectivity index (χ2v) is 4.20. The standard InChI is InChI=1S/C10H14O3/c1-10(2,3)9(12)13-8(11)7-5-4-6-7/h5H,4,6H2,1-3H3. The van der Waals surface area contributed by atoms with Crippen LogP contribution in [-0.2, 0) is 14.3 Å². The Morgan fingerprint density at radius 1 is 1.38 bits per heavy atom. The number of carbonyl (C=O) groups excluding carboxylic acids is 2. The van der Waals surface area contributed by atoms with E-state index in [9.17, 15) is 9.59 Å². The van der Waals surface area contributed by atoms with Crippen molar-refractivity contribution in [1.29, 1.82) is 0 Å². The molecule has 0 bridgehead atoms. The lowest BCUT2D eigenvalue weighted by Crippen LogP contribution is -2.27. The van der Waals surface area contributed by atoms with Gasteiger partial charge in [0, 0.05) is 5.57 Å². The maximum absolute atomic E-state index is 11.2. The Labute approximate surface area is 77.8 Å². The lowest BCUT2D eigenvalue weighted by molar-refractivity contribution is -0.163. The summed E-state index contributed by atoms with van der Waals surface area (Å²) in [5.74, 6) is -0.948. The Morgan fingerprint density at radius 3 is 2.23 bits per heavy atom. The van der Waals surface area contributed by atoms with Crippen molar-refractivity contribution in [2.24, 2.45) is 5.41 Å². The highest BCUT2D eigenvalue weighted by atomic mass is 16.6. The summed E-state index contributed by atoms with van der Waals surface area (Å²) in [4.78, 5) is 22.4. The molecule has 0 spiro atoms. The molecule has 3 heteroatoms. The van der Waals surface area contributed by atoms with Gasteiger partial charge in [0.15, 0.2) is 0 Å². The zero-order valence-electron chi connectivity index (χ0n) is 8.22. The van der Waals surface area contributed by atoms with Crippen molar-refractivity contribution >= 4 is 11.9 Å². The fourth-order valence-corrected chi connectivity index (χ4v) is 0.777. The molecule has 0 amide bonds. The molecule has 1 rings (SSSR count). The van der Waals surface area contributed by atoms with Crippen LogP contribution in [0.2, 0.25) is 0 Å². The highest BCUT2D eigenvalue weighted by Gasteiger charge is 2.27. The first-order valence-electron chi connectivity index (χ1n) is 4.37. The molecule has 1 aliphatic carbocycles. The molecule has 0 aliphatic heterocycles. The van der Waals surface area contributed by atoms with Crippen LogP contribution in [0.5, 0.6) is 0 Å². The van der Waals surface area contributed by atoms with Gasteiger partial charge in [0.05, 0.1) is 5.41 Å². The Balaban J connectivity index is 2.50. The third kappa shape index (κ3) is 2.41. The van der Waals surface area contributed by atoms with E-state index in [0.717, 1.165) is 12.8 Å². The van der Waals surface area contributed by atoms with Gasteiger partial charge in [0.1, 0.15) is 0 Å². The van der Waals surface area contributed by atoms with Gasteiger partial charge in [0.2, 0.25) is 0 Å². The van der Waals surface area contributed by atoms with Gasteiger partial charge in [-0.1, -0.05) is 6.08 Å². The molecule has 0 aromatic rings. The molecule has 0 radical (unpaired) electrons. The molecule has 13 heavy (non-hydrogen) atoms. The zero-order chi connectivity index (χ0) is 10.1. The Kier molecular flexibility index (Phi) is 2.55. The van der Waals surface area contributed by atoms with Crippen molar-refractivity contribution in [1.82, 2.24) is 0 Å². The molecule has 0 heterocycles. The molecule has 0 atom stereocenters. The van der Waals surface area contributed by atoms with Crippen LogP contribution in [-0.4, -0.2) is 11.9 Å². The molecular formula is C10H14O3. The first kappa shape index (κ1) is 9.96. The van der Waals surface area contributed by atoms with Crippen LogP contribution in [0.1, 0.15) is 33.6 Å². The van der Waals surface area contributed by atoms with Crippen molar-refractivity contribution in [2.45, 2.75) is 33.6 Å². The van der Waals surface area contributed by atoms with E-state index in [1.54, 1.807) is 26.8 Å². The average molecular weight is 182 g/mol. The van der Waals surface area contributed by atoms with Crippen LogP contribution in [0.15, 0.2) is 11.6 Å². The number of hydrogen-bond acceptors (Lipinski definition) is 3. The van der Waals surface area contributed by atoms with Gasteiger partial charge in [-0.2, -0.15) is 0 Å². The summed E-state index contributed by atoms with van der Waals surface area (Å²) in [5, 5.41) is 0. The van der Waals surface area contributed by atoms with Crippen LogP contribution in [0.4, 0.5) is 0 Å². The summed E-state index contributed by atoms with van der Waals surface area (Å²) in [5.41, 5.74) is 0.0116. The van der Waals surface area contributed by atoms with Gasteiger partial charge in [-0.05, 0) is 33.6 Å². The highest BCUT2D eigenvalue weighted by molar-refractivity contribution is 5.98. The molecular weight excluding hydrogens is 168 g/mol. The number of carbonyl (C=O) groups is 2. The number of esters is 2. The summed E-state index contributed by atoms with van der Waals surface area (Å²) < 4.78 is 4.67. The minimum absolute atomic E-state index is 0.467. The monoisotopic (exact) mass is 182 g/mol. The van der Waals surface area contributed by atoms with E-state index in [0.29, 0.717) is 5.57 Å². The first-order chi connectivity index (χ1) is 5.91. The van der Waals surface area contributed by atoms with Crippen LogP contribution < -0.4 is 0 Å². The van der Waals surface area contributed by atoms with Gasteiger partial charge in [-0.3, -0.25) is 4.79 Å². The molecule has 0 saturated heterocycles. The molecule has 1 aliphatic rings. The second kappa shape index (κ2) is 3.32. The van der Waals surface area contributed by atoms with Crippen LogP contribution in [0, 0.1) is 5.41 Å². The first-order valence-corrected chi connectivity index (χ1v) is 4.37. The van der Waals surface area contributed by atoms with E-state index in [1.165, 1.54) is 0 Å². The van der Waals surface area contributed by atoms with Gasteiger partial charge < -0.3 is 4.74 Å². The normalized spacial score (nSPS) is 15.8. The lowest BCUT2D eigenvalue weighted by Gasteiger charge is -2.17.